The van der Waals surface area contributed by atoms with Crippen molar-refractivity contribution in [1.29, 1.82) is 0 Å². The topological polar surface area (TPSA) is 60.0 Å². The second-order valence-electron chi connectivity index (χ2n) is 6.86. The molecule has 1 atom stereocenters. The summed E-state index contributed by atoms with van der Waals surface area (Å²) in [7, 11) is 0. The summed E-state index contributed by atoms with van der Waals surface area (Å²) < 4.78 is 0. The summed E-state index contributed by atoms with van der Waals surface area (Å²) in [4.78, 5) is 37.3. The average Bonchev–Trinajstić information content (AvgIpc) is 2.93. The third kappa shape index (κ3) is 3.38. The van der Waals surface area contributed by atoms with Gasteiger partial charge in [0.2, 0.25) is 0 Å². The number of nitrogens with zero attached hydrogens (tertiary/aromatic N) is 5. The van der Waals surface area contributed by atoms with Crippen molar-refractivity contribution in [1.82, 2.24) is 14.8 Å². The van der Waals surface area contributed by atoms with Crippen LogP contribution in [0.4, 0.5) is 16.3 Å². The minimum absolute atomic E-state index is 0.143. The van der Waals surface area contributed by atoms with Crippen LogP contribution in [0.3, 0.4) is 0 Å². The maximum Gasteiger partial charge on any atom is 0.333 e. The minimum atomic E-state index is -0.477. The van der Waals surface area contributed by atoms with Crippen molar-refractivity contribution in [2.45, 2.75) is 13.0 Å². The molecule has 2 aliphatic heterocycles. The van der Waals surface area contributed by atoms with Crippen molar-refractivity contribution in [3.63, 3.8) is 0 Å². The number of anilines is 2. The number of pyridine rings is 1. The lowest BCUT2D eigenvalue weighted by molar-refractivity contribution is -0.128. The van der Waals surface area contributed by atoms with Crippen molar-refractivity contribution in [2.75, 3.05) is 42.6 Å². The van der Waals surface area contributed by atoms with E-state index >= 15 is 0 Å². The molecule has 3 amide bonds. The van der Waals surface area contributed by atoms with Crippen molar-refractivity contribution in [3.8, 4) is 0 Å². The smallest absolute Gasteiger partial charge is 0.333 e. The summed E-state index contributed by atoms with van der Waals surface area (Å²) in [6, 6.07) is 14.5. The Morgan fingerprint density at radius 1 is 0.963 bits per heavy atom. The van der Waals surface area contributed by atoms with Crippen LogP contribution < -0.4 is 9.80 Å². The Hall–Kier alpha value is -2.93. The van der Waals surface area contributed by atoms with E-state index in [9.17, 15) is 9.59 Å². The van der Waals surface area contributed by atoms with Gasteiger partial charge >= 0.3 is 6.03 Å². The number of piperazine rings is 1. The first-order valence-corrected chi connectivity index (χ1v) is 9.23. The molecule has 27 heavy (non-hydrogen) atoms. The van der Waals surface area contributed by atoms with Crippen molar-refractivity contribution < 1.29 is 9.59 Å². The highest BCUT2D eigenvalue weighted by Crippen LogP contribution is 2.26. The molecule has 2 saturated heterocycles. The number of amides is 3. The van der Waals surface area contributed by atoms with Crippen LogP contribution >= 0.6 is 0 Å². The third-order valence-electron chi connectivity index (χ3n) is 5.17. The Labute approximate surface area is 158 Å². The second-order valence-corrected chi connectivity index (χ2v) is 6.86. The van der Waals surface area contributed by atoms with Gasteiger partial charge in [-0.25, -0.2) is 14.7 Å². The summed E-state index contributed by atoms with van der Waals surface area (Å²) in [5.41, 5.74) is 0.755. The van der Waals surface area contributed by atoms with E-state index in [4.69, 9.17) is 0 Å². The Bertz CT molecular complexity index is 806. The number of benzene rings is 1. The van der Waals surface area contributed by atoms with Crippen molar-refractivity contribution >= 4 is 23.4 Å². The molecule has 3 heterocycles. The highest BCUT2D eigenvalue weighted by atomic mass is 16.2. The van der Waals surface area contributed by atoms with Gasteiger partial charge in [0.05, 0.1) is 6.67 Å². The third-order valence-corrected chi connectivity index (χ3v) is 5.17. The number of aromatic nitrogens is 1. The number of para-hydroxylation sites is 1. The average molecular weight is 365 g/mol. The Morgan fingerprint density at radius 2 is 1.67 bits per heavy atom. The van der Waals surface area contributed by atoms with E-state index in [1.165, 1.54) is 4.90 Å². The molecule has 2 aromatic rings. The molecule has 7 nitrogen and oxygen atoms in total. The summed E-state index contributed by atoms with van der Waals surface area (Å²) in [5, 5.41) is 0. The van der Waals surface area contributed by atoms with Crippen LogP contribution in [-0.4, -0.2) is 65.6 Å². The molecule has 0 unspecified atom stereocenters. The lowest BCUT2D eigenvalue weighted by Crippen LogP contribution is -2.51. The predicted molar refractivity (Wildman–Crippen MR) is 104 cm³/mol. The van der Waals surface area contributed by atoms with Crippen molar-refractivity contribution in [2.24, 2.45) is 0 Å². The molecule has 140 valence electrons. The van der Waals surface area contributed by atoms with E-state index in [0.717, 1.165) is 37.7 Å². The molecule has 2 aliphatic rings. The largest absolute Gasteiger partial charge is 0.354 e. The first-order chi connectivity index (χ1) is 13.1. The summed E-state index contributed by atoms with van der Waals surface area (Å²) in [5.74, 6) is 0.824. The fourth-order valence-corrected chi connectivity index (χ4v) is 3.64. The Kier molecular flexibility index (Phi) is 4.77. The van der Waals surface area contributed by atoms with Gasteiger partial charge in [-0.2, -0.15) is 0 Å². The SMILES string of the molecule is C[C@H]1C(=O)N(CN2CCN(c3ccccn3)CC2)C(=O)N1c1ccccc1. The minimum Gasteiger partial charge on any atom is -0.354 e. The molecule has 0 bridgehead atoms. The van der Waals surface area contributed by atoms with Gasteiger partial charge in [-0.05, 0) is 31.2 Å². The molecule has 4 rings (SSSR count). The van der Waals surface area contributed by atoms with Crippen LogP contribution in [0.2, 0.25) is 0 Å². The van der Waals surface area contributed by atoms with Gasteiger partial charge in [-0.15, -0.1) is 0 Å². The Morgan fingerprint density at radius 3 is 2.33 bits per heavy atom. The molecule has 7 heteroatoms. The fourth-order valence-electron chi connectivity index (χ4n) is 3.64. The Balaban J connectivity index is 1.40. The monoisotopic (exact) mass is 365 g/mol. The van der Waals surface area contributed by atoms with E-state index in [0.29, 0.717) is 6.67 Å². The molecule has 2 fully saturated rings. The molecule has 0 radical (unpaired) electrons. The zero-order valence-electron chi connectivity index (χ0n) is 15.4. The van der Waals surface area contributed by atoms with Crippen LogP contribution in [0.5, 0.6) is 0 Å². The van der Waals surface area contributed by atoms with Crippen LogP contribution in [0, 0.1) is 0 Å². The standard InChI is InChI=1S/C20H23N5O2/c1-16-19(26)24(20(27)25(16)17-7-3-2-4-8-17)15-22-11-13-23(14-12-22)18-9-5-6-10-21-18/h2-10,16H,11-15H2,1H3/t16-/m0/s1. The van der Waals surface area contributed by atoms with E-state index in [2.05, 4.69) is 14.8 Å². The number of hydrogen-bond acceptors (Lipinski definition) is 5. The molecule has 0 N–H and O–H groups in total. The van der Waals surface area contributed by atoms with Crippen LogP contribution in [0.15, 0.2) is 54.7 Å². The normalized spacial score (nSPS) is 21.2. The number of hydrogen-bond donors (Lipinski definition) is 0. The van der Waals surface area contributed by atoms with E-state index < -0.39 is 6.04 Å². The zero-order chi connectivity index (χ0) is 18.8. The lowest BCUT2D eigenvalue weighted by atomic mass is 10.2. The van der Waals surface area contributed by atoms with Crippen molar-refractivity contribution in [3.05, 3.63) is 54.7 Å². The molecule has 1 aromatic heterocycles. The second kappa shape index (κ2) is 7.36. The molecule has 0 saturated carbocycles. The molecule has 1 aromatic carbocycles. The number of carbonyl (C=O) groups excluding carboxylic acids is 2. The maximum absolute atomic E-state index is 12.9. The molecular formula is C20H23N5O2. The zero-order valence-corrected chi connectivity index (χ0v) is 15.4. The van der Waals surface area contributed by atoms with Crippen LogP contribution in [0.1, 0.15) is 6.92 Å². The fraction of sp³-hybridized carbons (Fsp3) is 0.350. The van der Waals surface area contributed by atoms with Gasteiger partial charge < -0.3 is 4.90 Å². The van der Waals surface area contributed by atoms with Crippen LogP contribution in [-0.2, 0) is 4.79 Å². The van der Waals surface area contributed by atoms with Gasteiger partial charge in [0.1, 0.15) is 11.9 Å². The van der Waals surface area contributed by atoms with Gasteiger partial charge in [0.15, 0.2) is 0 Å². The highest BCUT2D eigenvalue weighted by Gasteiger charge is 2.43. The summed E-state index contributed by atoms with van der Waals surface area (Å²) >= 11 is 0. The van der Waals surface area contributed by atoms with Gasteiger partial charge in [-0.1, -0.05) is 24.3 Å². The van der Waals surface area contributed by atoms with E-state index in [1.807, 2.05) is 48.5 Å². The van der Waals surface area contributed by atoms with Gasteiger partial charge in [0.25, 0.3) is 5.91 Å². The highest BCUT2D eigenvalue weighted by molar-refractivity contribution is 6.14. The summed E-state index contributed by atoms with van der Waals surface area (Å²) in [6.07, 6.45) is 1.79. The number of carbonyl (C=O) groups is 2. The van der Waals surface area contributed by atoms with Gasteiger partial charge in [-0.3, -0.25) is 14.6 Å². The van der Waals surface area contributed by atoms with Crippen LogP contribution in [0.25, 0.3) is 0 Å². The first kappa shape index (κ1) is 17.5. The predicted octanol–water partition coefficient (Wildman–Crippen LogP) is 2.02. The molecular weight excluding hydrogens is 342 g/mol. The van der Waals surface area contributed by atoms with E-state index in [-0.39, 0.29) is 11.9 Å². The first-order valence-electron chi connectivity index (χ1n) is 9.23. The number of imide groups is 1. The quantitative estimate of drug-likeness (QED) is 0.776. The maximum atomic E-state index is 12.9. The number of urea groups is 1. The number of rotatable bonds is 4. The van der Waals surface area contributed by atoms with Gasteiger partial charge in [0, 0.05) is 38.1 Å². The summed E-state index contributed by atoms with van der Waals surface area (Å²) in [6.45, 7) is 5.34. The molecule has 0 spiro atoms. The molecule has 0 aliphatic carbocycles. The lowest BCUT2D eigenvalue weighted by Gasteiger charge is -2.36. The van der Waals surface area contributed by atoms with E-state index in [1.54, 1.807) is 18.0 Å².